The second-order valence-corrected chi connectivity index (χ2v) is 4.60. The van der Waals surface area contributed by atoms with Gasteiger partial charge < -0.3 is 4.90 Å². The van der Waals surface area contributed by atoms with E-state index in [-0.39, 0.29) is 0 Å². The topological polar surface area (TPSA) is 33.2 Å². The van der Waals surface area contributed by atoms with Crippen molar-refractivity contribution >= 4 is 23.7 Å². The normalized spacial score (nSPS) is 17.1. The Labute approximate surface area is 100 Å². The van der Waals surface area contributed by atoms with Crippen molar-refractivity contribution in [3.63, 3.8) is 0 Å². The van der Waals surface area contributed by atoms with Gasteiger partial charge in [-0.3, -0.25) is 9.78 Å². The first-order valence-corrected chi connectivity index (χ1v) is 6.03. The Morgan fingerprint density at radius 3 is 2.69 bits per heavy atom. The minimum atomic E-state index is 0.312. The molecule has 0 spiro atoms. The lowest BCUT2D eigenvalue weighted by molar-refractivity contribution is -0.108. The van der Waals surface area contributed by atoms with Gasteiger partial charge in [-0.15, -0.1) is 0 Å². The minimum Gasteiger partial charge on any atom is -0.310 e. The summed E-state index contributed by atoms with van der Waals surface area (Å²) in [4.78, 5) is 16.9. The van der Waals surface area contributed by atoms with Gasteiger partial charge in [-0.05, 0) is 18.9 Å². The number of carbonyl (C=O) groups is 1. The van der Waals surface area contributed by atoms with E-state index in [1.54, 1.807) is 23.4 Å². The van der Waals surface area contributed by atoms with Gasteiger partial charge in [0.2, 0.25) is 6.41 Å². The van der Waals surface area contributed by atoms with Crippen LogP contribution in [0.25, 0.3) is 0 Å². The van der Waals surface area contributed by atoms with Crippen molar-refractivity contribution in [3.8, 4) is 0 Å². The Kier molecular flexibility index (Phi) is 3.78. The largest absolute Gasteiger partial charge is 0.310 e. The highest BCUT2D eigenvalue weighted by atomic mass is 35.5. The van der Waals surface area contributed by atoms with Crippen molar-refractivity contribution in [1.82, 2.24) is 4.98 Å². The molecule has 16 heavy (non-hydrogen) atoms. The summed E-state index contributed by atoms with van der Waals surface area (Å²) in [6.45, 7) is 0. The molecule has 0 unspecified atom stereocenters. The maximum Gasteiger partial charge on any atom is 0.214 e. The van der Waals surface area contributed by atoms with E-state index in [0.29, 0.717) is 11.1 Å². The van der Waals surface area contributed by atoms with Crippen LogP contribution in [0, 0.1) is 0 Å². The van der Waals surface area contributed by atoms with Gasteiger partial charge in [-0.2, -0.15) is 0 Å². The lowest BCUT2D eigenvalue weighted by atomic mass is 9.94. The van der Waals surface area contributed by atoms with Crippen molar-refractivity contribution in [2.75, 3.05) is 4.90 Å². The van der Waals surface area contributed by atoms with Crippen molar-refractivity contribution in [3.05, 3.63) is 23.5 Å². The number of carbonyl (C=O) groups excluding carboxylic acids is 1. The molecule has 2 rings (SSSR count). The highest BCUT2D eigenvalue weighted by Crippen LogP contribution is 2.26. The molecule has 1 fully saturated rings. The molecule has 0 atom stereocenters. The van der Waals surface area contributed by atoms with Crippen LogP contribution in [0.15, 0.2) is 18.5 Å². The highest BCUT2D eigenvalue weighted by molar-refractivity contribution is 6.30. The van der Waals surface area contributed by atoms with Crippen LogP contribution in [0.1, 0.15) is 32.1 Å². The number of amides is 1. The third kappa shape index (κ3) is 2.53. The summed E-state index contributed by atoms with van der Waals surface area (Å²) < 4.78 is 0. The molecular formula is C12H15ClN2O. The van der Waals surface area contributed by atoms with Crippen molar-refractivity contribution in [2.45, 2.75) is 38.1 Å². The lowest BCUT2D eigenvalue weighted by Gasteiger charge is -2.31. The van der Waals surface area contributed by atoms with Crippen LogP contribution in [0.4, 0.5) is 5.69 Å². The second kappa shape index (κ2) is 5.30. The van der Waals surface area contributed by atoms with E-state index in [2.05, 4.69) is 4.98 Å². The van der Waals surface area contributed by atoms with Crippen LogP contribution in [-0.2, 0) is 4.79 Å². The summed E-state index contributed by atoms with van der Waals surface area (Å²) in [7, 11) is 0. The molecule has 1 aliphatic carbocycles. The van der Waals surface area contributed by atoms with Gasteiger partial charge in [0.05, 0.1) is 16.9 Å². The molecule has 1 amide bonds. The Hall–Kier alpha value is -1.09. The number of hydrogen-bond acceptors (Lipinski definition) is 2. The van der Waals surface area contributed by atoms with Crippen LogP contribution >= 0.6 is 11.6 Å². The summed E-state index contributed by atoms with van der Waals surface area (Å²) in [6, 6.07) is 2.10. The number of halogens is 1. The van der Waals surface area contributed by atoms with Gasteiger partial charge >= 0.3 is 0 Å². The molecule has 1 heterocycles. The van der Waals surface area contributed by atoms with E-state index in [0.717, 1.165) is 24.9 Å². The summed E-state index contributed by atoms with van der Waals surface area (Å²) in [5, 5.41) is 0.570. The van der Waals surface area contributed by atoms with Gasteiger partial charge in [0.1, 0.15) is 0 Å². The molecule has 0 aromatic carbocycles. The molecule has 0 radical (unpaired) electrons. The molecule has 3 nitrogen and oxygen atoms in total. The van der Waals surface area contributed by atoms with Crippen LogP contribution in [-0.4, -0.2) is 17.4 Å². The van der Waals surface area contributed by atoms with Gasteiger partial charge in [0.15, 0.2) is 0 Å². The van der Waals surface area contributed by atoms with Crippen molar-refractivity contribution in [2.24, 2.45) is 0 Å². The van der Waals surface area contributed by atoms with Gasteiger partial charge in [0.25, 0.3) is 0 Å². The fourth-order valence-corrected chi connectivity index (χ4v) is 2.43. The molecule has 1 aromatic heterocycles. The van der Waals surface area contributed by atoms with Crippen LogP contribution < -0.4 is 4.90 Å². The molecule has 1 saturated carbocycles. The lowest BCUT2D eigenvalue weighted by Crippen LogP contribution is -2.35. The van der Waals surface area contributed by atoms with E-state index in [1.807, 2.05) is 0 Å². The van der Waals surface area contributed by atoms with Gasteiger partial charge in [-0.1, -0.05) is 30.9 Å². The van der Waals surface area contributed by atoms with Gasteiger partial charge in [-0.25, -0.2) is 0 Å². The van der Waals surface area contributed by atoms with Crippen molar-refractivity contribution in [1.29, 1.82) is 0 Å². The van der Waals surface area contributed by atoms with Gasteiger partial charge in [0, 0.05) is 12.2 Å². The predicted octanol–water partition coefficient (Wildman–Crippen LogP) is 3.03. The maximum atomic E-state index is 11.2. The summed E-state index contributed by atoms with van der Waals surface area (Å²) in [5.74, 6) is 0. The standard InChI is InChI=1S/C12H15ClN2O/c13-10-6-12(8-14-7-10)15(9-16)11-4-2-1-3-5-11/h6-9,11H,1-5H2. The zero-order valence-electron chi connectivity index (χ0n) is 9.10. The number of nitrogens with zero attached hydrogens (tertiary/aromatic N) is 2. The van der Waals surface area contributed by atoms with E-state index in [4.69, 9.17) is 11.6 Å². The molecule has 1 aromatic rings. The monoisotopic (exact) mass is 238 g/mol. The van der Waals surface area contributed by atoms with E-state index >= 15 is 0 Å². The van der Waals surface area contributed by atoms with E-state index < -0.39 is 0 Å². The molecule has 86 valence electrons. The Morgan fingerprint density at radius 1 is 1.31 bits per heavy atom. The first-order chi connectivity index (χ1) is 7.81. The average Bonchev–Trinajstić information content (AvgIpc) is 2.31. The fourth-order valence-electron chi connectivity index (χ4n) is 2.26. The molecule has 4 heteroatoms. The summed E-state index contributed by atoms with van der Waals surface area (Å²) in [5.41, 5.74) is 0.800. The molecule has 0 bridgehead atoms. The first-order valence-electron chi connectivity index (χ1n) is 5.65. The smallest absolute Gasteiger partial charge is 0.214 e. The number of rotatable bonds is 3. The maximum absolute atomic E-state index is 11.2. The molecule has 1 aliphatic rings. The molecule has 0 aliphatic heterocycles. The minimum absolute atomic E-state index is 0.312. The Balaban J connectivity index is 2.17. The fraction of sp³-hybridized carbons (Fsp3) is 0.500. The average molecular weight is 239 g/mol. The third-order valence-electron chi connectivity index (χ3n) is 3.07. The predicted molar refractivity (Wildman–Crippen MR) is 64.7 cm³/mol. The van der Waals surface area contributed by atoms with Crippen LogP contribution in [0.5, 0.6) is 0 Å². The third-order valence-corrected chi connectivity index (χ3v) is 3.28. The number of hydrogen-bond donors (Lipinski definition) is 0. The van der Waals surface area contributed by atoms with E-state index in [1.165, 1.54) is 19.3 Å². The quantitative estimate of drug-likeness (QED) is 0.759. The van der Waals surface area contributed by atoms with Crippen LogP contribution in [0.2, 0.25) is 5.02 Å². The molecule has 0 saturated heterocycles. The van der Waals surface area contributed by atoms with Crippen molar-refractivity contribution < 1.29 is 4.79 Å². The van der Waals surface area contributed by atoms with E-state index in [9.17, 15) is 4.79 Å². The number of aromatic nitrogens is 1. The number of anilines is 1. The molecular weight excluding hydrogens is 224 g/mol. The Morgan fingerprint density at radius 2 is 2.06 bits per heavy atom. The number of pyridine rings is 1. The first kappa shape index (κ1) is 11.4. The second-order valence-electron chi connectivity index (χ2n) is 4.17. The summed E-state index contributed by atoms with van der Waals surface area (Å²) >= 11 is 5.88. The van der Waals surface area contributed by atoms with Crippen LogP contribution in [0.3, 0.4) is 0 Å². The molecule has 0 N–H and O–H groups in total. The zero-order chi connectivity index (χ0) is 11.4. The SMILES string of the molecule is O=CN(c1cncc(Cl)c1)C1CCCCC1. The zero-order valence-corrected chi connectivity index (χ0v) is 9.86. The Bertz CT molecular complexity index is 364. The summed E-state index contributed by atoms with van der Waals surface area (Å²) in [6.07, 6.45) is 9.98. The highest BCUT2D eigenvalue weighted by Gasteiger charge is 2.21.